The minimum Gasteiger partial charge on any atom is -0.494 e. The Bertz CT molecular complexity index is 897. The van der Waals surface area contributed by atoms with Crippen molar-refractivity contribution >= 4 is 23.4 Å². The van der Waals surface area contributed by atoms with Crippen molar-refractivity contribution in [1.29, 1.82) is 0 Å². The van der Waals surface area contributed by atoms with E-state index in [2.05, 4.69) is 10.6 Å². The number of ether oxygens (including phenoxy) is 2. The lowest BCUT2D eigenvalue weighted by atomic mass is 10.1. The minimum absolute atomic E-state index is 0.0639. The van der Waals surface area contributed by atoms with Crippen LogP contribution < -0.4 is 25.0 Å². The molecule has 3 amide bonds. The molecule has 0 fully saturated rings. The molecule has 0 bridgehead atoms. The first-order valence-electron chi connectivity index (χ1n) is 9.32. The zero-order valence-corrected chi connectivity index (χ0v) is 16.3. The van der Waals surface area contributed by atoms with E-state index in [-0.39, 0.29) is 30.8 Å². The van der Waals surface area contributed by atoms with Crippen LogP contribution in [-0.4, -0.2) is 50.6 Å². The lowest BCUT2D eigenvalue weighted by Crippen LogP contribution is -2.52. The smallest absolute Gasteiger partial charge is 0.262 e. The summed E-state index contributed by atoms with van der Waals surface area (Å²) in [6, 6.07) is 13.7. The molecule has 0 saturated heterocycles. The first kappa shape index (κ1) is 20.2. The van der Waals surface area contributed by atoms with Gasteiger partial charge in [0, 0.05) is 12.6 Å². The number of carbonyl (C=O) groups excluding carboxylic acids is 3. The van der Waals surface area contributed by atoms with E-state index in [1.165, 1.54) is 11.9 Å². The van der Waals surface area contributed by atoms with Gasteiger partial charge in [0.25, 0.3) is 11.8 Å². The van der Waals surface area contributed by atoms with Crippen LogP contribution in [0.4, 0.5) is 5.69 Å². The van der Waals surface area contributed by atoms with Gasteiger partial charge < -0.3 is 25.0 Å². The highest BCUT2D eigenvalue weighted by molar-refractivity contribution is 6.02. The molecule has 29 heavy (non-hydrogen) atoms. The Labute approximate surface area is 168 Å². The van der Waals surface area contributed by atoms with Crippen molar-refractivity contribution in [1.82, 2.24) is 10.6 Å². The molecule has 0 saturated carbocycles. The Morgan fingerprint density at radius 3 is 2.55 bits per heavy atom. The van der Waals surface area contributed by atoms with Crippen molar-refractivity contribution < 1.29 is 23.9 Å². The number of benzene rings is 2. The molecule has 8 heteroatoms. The number of amides is 3. The lowest BCUT2D eigenvalue weighted by molar-refractivity contribution is -0.127. The number of hydrogen-bond acceptors (Lipinski definition) is 5. The van der Waals surface area contributed by atoms with Crippen LogP contribution >= 0.6 is 0 Å². The molecular formula is C21H23N3O5. The van der Waals surface area contributed by atoms with Crippen LogP contribution in [-0.2, 0) is 9.59 Å². The molecule has 2 aromatic rings. The summed E-state index contributed by atoms with van der Waals surface area (Å²) in [6.07, 6.45) is -0.819. The van der Waals surface area contributed by atoms with Gasteiger partial charge in [-0.2, -0.15) is 0 Å². The van der Waals surface area contributed by atoms with E-state index < -0.39 is 6.10 Å². The van der Waals surface area contributed by atoms with Crippen LogP contribution in [0.2, 0.25) is 0 Å². The normalized spacial score (nSPS) is 15.0. The van der Waals surface area contributed by atoms with E-state index in [1.807, 2.05) is 6.92 Å². The second-order valence-corrected chi connectivity index (χ2v) is 6.33. The van der Waals surface area contributed by atoms with Crippen LogP contribution in [0.5, 0.6) is 11.5 Å². The van der Waals surface area contributed by atoms with E-state index in [0.29, 0.717) is 29.4 Å². The number of hydrogen-bond donors (Lipinski definition) is 2. The fourth-order valence-corrected chi connectivity index (χ4v) is 2.99. The van der Waals surface area contributed by atoms with Gasteiger partial charge in [-0.25, -0.2) is 0 Å². The van der Waals surface area contributed by atoms with Gasteiger partial charge in [-0.05, 0) is 43.3 Å². The molecule has 3 rings (SSSR count). The van der Waals surface area contributed by atoms with Crippen LogP contribution in [0.25, 0.3) is 0 Å². The van der Waals surface area contributed by atoms with Crippen LogP contribution in [0.1, 0.15) is 17.3 Å². The van der Waals surface area contributed by atoms with Gasteiger partial charge in [0.1, 0.15) is 11.5 Å². The zero-order chi connectivity index (χ0) is 20.8. The summed E-state index contributed by atoms with van der Waals surface area (Å²) >= 11 is 0. The molecule has 0 aromatic heterocycles. The molecule has 0 unspecified atom stereocenters. The maximum Gasteiger partial charge on any atom is 0.262 e. The molecule has 1 atom stereocenters. The number of likely N-dealkylation sites (N-methyl/N-ethyl adjacent to an activating group) is 1. The van der Waals surface area contributed by atoms with Crippen LogP contribution in [0, 0.1) is 0 Å². The Kier molecular flexibility index (Phi) is 6.33. The molecule has 1 aliphatic heterocycles. The molecule has 0 radical (unpaired) electrons. The topological polar surface area (TPSA) is 97.0 Å². The van der Waals surface area contributed by atoms with E-state index in [0.717, 1.165) is 0 Å². The number of nitrogens with zero attached hydrogens (tertiary/aromatic N) is 1. The first-order chi connectivity index (χ1) is 14.0. The van der Waals surface area contributed by atoms with Gasteiger partial charge in [-0.15, -0.1) is 0 Å². The molecule has 2 aromatic carbocycles. The van der Waals surface area contributed by atoms with Crippen molar-refractivity contribution in [3.05, 3.63) is 54.1 Å². The number of carbonyl (C=O) groups is 3. The molecule has 152 valence electrons. The van der Waals surface area contributed by atoms with Crippen LogP contribution in [0.3, 0.4) is 0 Å². The quantitative estimate of drug-likeness (QED) is 0.767. The summed E-state index contributed by atoms with van der Waals surface area (Å²) in [6.45, 7) is 2.28. The summed E-state index contributed by atoms with van der Waals surface area (Å²) < 4.78 is 11.0. The number of anilines is 1. The third kappa shape index (κ3) is 4.66. The third-order valence-corrected chi connectivity index (χ3v) is 4.44. The standard InChI is InChI=1S/C21H23N3O5/c1-3-28-15-10-8-14(9-11-15)20(26)23-12-19(25)24-13-18(21(27)22-2)29-17-7-5-4-6-16(17)24/h4-11,18H,3,12-13H2,1-2H3,(H,22,27)(H,23,26)/t18-/m1/s1. The van der Waals surface area contributed by atoms with Crippen molar-refractivity contribution in [2.45, 2.75) is 13.0 Å². The Balaban J connectivity index is 1.67. The summed E-state index contributed by atoms with van der Waals surface area (Å²) in [4.78, 5) is 38.6. The van der Waals surface area contributed by atoms with Crippen molar-refractivity contribution in [2.24, 2.45) is 0 Å². The fraction of sp³-hybridized carbons (Fsp3) is 0.286. The van der Waals surface area contributed by atoms with Gasteiger partial charge >= 0.3 is 0 Å². The largest absolute Gasteiger partial charge is 0.494 e. The summed E-state index contributed by atoms with van der Waals surface area (Å²) in [7, 11) is 1.51. The second kappa shape index (κ2) is 9.09. The summed E-state index contributed by atoms with van der Waals surface area (Å²) in [5, 5.41) is 5.15. The van der Waals surface area contributed by atoms with E-state index in [4.69, 9.17) is 9.47 Å². The number of nitrogens with one attached hydrogen (secondary N) is 2. The predicted molar refractivity (Wildman–Crippen MR) is 107 cm³/mol. The second-order valence-electron chi connectivity index (χ2n) is 6.33. The SMILES string of the molecule is CCOc1ccc(C(=O)NCC(=O)N2C[C@H](C(=O)NC)Oc3ccccc32)cc1. The van der Waals surface area contributed by atoms with Gasteiger partial charge in [-0.1, -0.05) is 12.1 Å². The van der Waals surface area contributed by atoms with E-state index in [9.17, 15) is 14.4 Å². The Hall–Kier alpha value is -3.55. The maximum absolute atomic E-state index is 12.8. The molecule has 1 aliphatic rings. The number of rotatable bonds is 6. The molecular weight excluding hydrogens is 374 g/mol. The summed E-state index contributed by atoms with van der Waals surface area (Å²) in [5.74, 6) is 0.0827. The molecule has 0 spiro atoms. The molecule has 8 nitrogen and oxygen atoms in total. The van der Waals surface area contributed by atoms with Gasteiger partial charge in [0.15, 0.2) is 6.10 Å². The number of fused-ring (bicyclic) bond motifs is 1. The minimum atomic E-state index is -0.819. The maximum atomic E-state index is 12.8. The van der Waals surface area contributed by atoms with Gasteiger partial charge in [-0.3, -0.25) is 14.4 Å². The predicted octanol–water partition coefficient (Wildman–Crippen LogP) is 1.36. The number of para-hydroxylation sites is 2. The first-order valence-corrected chi connectivity index (χ1v) is 9.32. The van der Waals surface area contributed by atoms with Crippen LogP contribution in [0.15, 0.2) is 48.5 Å². The highest BCUT2D eigenvalue weighted by Gasteiger charge is 2.33. The van der Waals surface area contributed by atoms with Crippen molar-refractivity contribution in [3.63, 3.8) is 0 Å². The zero-order valence-electron chi connectivity index (χ0n) is 16.3. The average molecular weight is 397 g/mol. The van der Waals surface area contributed by atoms with Crippen molar-refractivity contribution in [2.75, 3.05) is 31.6 Å². The Morgan fingerprint density at radius 2 is 1.86 bits per heavy atom. The van der Waals surface area contributed by atoms with Crippen molar-refractivity contribution in [3.8, 4) is 11.5 Å². The summed E-state index contributed by atoms with van der Waals surface area (Å²) in [5.41, 5.74) is 0.986. The molecule has 1 heterocycles. The highest BCUT2D eigenvalue weighted by atomic mass is 16.5. The molecule has 2 N–H and O–H groups in total. The lowest BCUT2D eigenvalue weighted by Gasteiger charge is -2.34. The van der Waals surface area contributed by atoms with E-state index in [1.54, 1.807) is 48.5 Å². The monoisotopic (exact) mass is 397 g/mol. The van der Waals surface area contributed by atoms with Gasteiger partial charge in [0.05, 0.1) is 25.4 Å². The average Bonchev–Trinajstić information content (AvgIpc) is 2.76. The fourth-order valence-electron chi connectivity index (χ4n) is 2.99. The van der Waals surface area contributed by atoms with Gasteiger partial charge in [0.2, 0.25) is 5.91 Å². The van der Waals surface area contributed by atoms with E-state index >= 15 is 0 Å². The third-order valence-electron chi connectivity index (χ3n) is 4.44. The highest BCUT2D eigenvalue weighted by Crippen LogP contribution is 2.33. The Morgan fingerprint density at radius 1 is 1.14 bits per heavy atom. The molecule has 0 aliphatic carbocycles.